The Morgan fingerprint density at radius 3 is 2.40 bits per heavy atom. The predicted octanol–water partition coefficient (Wildman–Crippen LogP) is 6.06. The molecule has 10 nitrogen and oxygen atoms in total. The number of ether oxygens (including phenoxy) is 1. The number of rotatable bonds is 8. The van der Waals surface area contributed by atoms with Gasteiger partial charge in [0.05, 0.1) is 34.7 Å². The van der Waals surface area contributed by atoms with E-state index in [4.69, 9.17) is 9.72 Å². The number of nitrogens with one attached hydrogen (secondary N) is 2. The Balaban J connectivity index is 1.21. The van der Waals surface area contributed by atoms with Gasteiger partial charge < -0.3 is 29.7 Å². The Bertz CT molecular complexity index is 1730. The Morgan fingerprint density at radius 2 is 1.69 bits per heavy atom. The van der Waals surface area contributed by atoms with Crippen molar-refractivity contribution in [3.8, 4) is 5.75 Å². The van der Waals surface area contributed by atoms with Crippen molar-refractivity contribution in [3.05, 3.63) is 58.8 Å². The van der Waals surface area contributed by atoms with Crippen molar-refractivity contribution in [1.29, 1.82) is 0 Å². The summed E-state index contributed by atoms with van der Waals surface area (Å²) >= 11 is 3.58. The van der Waals surface area contributed by atoms with Crippen LogP contribution in [-0.2, 0) is 4.57 Å². The molecule has 0 amide bonds. The maximum Gasteiger partial charge on any atom is 0.229 e. The third-order valence-electron chi connectivity index (χ3n) is 8.91. The number of piperidine rings is 1. The van der Waals surface area contributed by atoms with E-state index in [1.807, 2.05) is 24.3 Å². The molecular weight excluding hydrogens is 651 g/mol. The van der Waals surface area contributed by atoms with Crippen molar-refractivity contribution in [3.63, 3.8) is 0 Å². The number of aryl methyl sites for hydroxylation is 1. The summed E-state index contributed by atoms with van der Waals surface area (Å²) in [6.07, 6.45) is 5.77. The van der Waals surface area contributed by atoms with Crippen LogP contribution in [0.3, 0.4) is 0 Å². The van der Waals surface area contributed by atoms with E-state index in [9.17, 15) is 4.57 Å². The first kappa shape index (κ1) is 31.7. The van der Waals surface area contributed by atoms with Gasteiger partial charge in [-0.3, -0.25) is 9.88 Å². The Kier molecular flexibility index (Phi) is 9.34. The number of halogens is 1. The van der Waals surface area contributed by atoms with Crippen LogP contribution in [0.4, 0.5) is 28.8 Å². The monoisotopic (exact) mass is 692 g/mol. The van der Waals surface area contributed by atoms with Crippen molar-refractivity contribution in [2.75, 3.05) is 82.3 Å². The van der Waals surface area contributed by atoms with Gasteiger partial charge in [-0.05, 0) is 73.8 Å². The van der Waals surface area contributed by atoms with Gasteiger partial charge in [-0.15, -0.1) is 0 Å². The summed E-state index contributed by atoms with van der Waals surface area (Å²) in [6, 6.07) is 12.7. The second kappa shape index (κ2) is 13.2. The van der Waals surface area contributed by atoms with E-state index < -0.39 is 7.14 Å². The largest absolute Gasteiger partial charge is 0.494 e. The summed E-state index contributed by atoms with van der Waals surface area (Å²) in [5.41, 5.74) is 4.62. The number of benzene rings is 2. The van der Waals surface area contributed by atoms with E-state index in [1.54, 1.807) is 32.8 Å². The first-order chi connectivity index (χ1) is 21.6. The molecule has 2 aliphatic rings. The van der Waals surface area contributed by atoms with Gasteiger partial charge in [0.1, 0.15) is 18.7 Å². The maximum absolute atomic E-state index is 13.4. The SMILES string of the molecule is COc1cc(N2CCC(N3CCN(C)CC3)CC2)c(C)cc1Nc1ncc(Br)c(Nc2cnc3ccccc3c2P(C)(C)=O)n1. The minimum atomic E-state index is -2.67. The van der Waals surface area contributed by atoms with Crippen molar-refractivity contribution >= 4 is 68.1 Å². The van der Waals surface area contributed by atoms with Gasteiger partial charge in [-0.2, -0.15) is 4.98 Å². The number of aromatic nitrogens is 3. The number of hydrogen-bond donors (Lipinski definition) is 2. The molecular formula is C33H42BrN8O2P. The molecule has 2 N–H and O–H groups in total. The number of fused-ring (bicyclic) bond motifs is 1. The number of nitrogens with zero attached hydrogens (tertiary/aromatic N) is 6. The molecule has 6 rings (SSSR count). The zero-order valence-electron chi connectivity index (χ0n) is 26.7. The predicted molar refractivity (Wildman–Crippen MR) is 189 cm³/mol. The van der Waals surface area contributed by atoms with Crippen molar-refractivity contribution in [1.82, 2.24) is 24.8 Å². The molecule has 2 aliphatic heterocycles. The lowest BCUT2D eigenvalue weighted by Gasteiger charge is -2.43. The highest BCUT2D eigenvalue weighted by Crippen LogP contribution is 2.42. The van der Waals surface area contributed by atoms with E-state index in [1.165, 1.54) is 37.2 Å². The molecule has 0 radical (unpaired) electrons. The Morgan fingerprint density at radius 1 is 0.956 bits per heavy atom. The zero-order chi connectivity index (χ0) is 31.7. The minimum Gasteiger partial charge on any atom is -0.494 e. The van der Waals surface area contributed by atoms with Gasteiger partial charge in [0.25, 0.3) is 0 Å². The zero-order valence-corrected chi connectivity index (χ0v) is 29.2. The molecule has 2 saturated heterocycles. The average molecular weight is 694 g/mol. The van der Waals surface area contributed by atoms with Gasteiger partial charge in [0.2, 0.25) is 5.95 Å². The van der Waals surface area contributed by atoms with E-state index in [0.717, 1.165) is 53.8 Å². The molecule has 0 atom stereocenters. The molecule has 4 aromatic rings. The van der Waals surface area contributed by atoms with Crippen LogP contribution in [0.15, 0.2) is 53.3 Å². The lowest BCUT2D eigenvalue weighted by molar-refractivity contribution is 0.0982. The second-order valence-corrected chi connectivity index (χ2v) is 16.4. The average Bonchev–Trinajstić information content (AvgIpc) is 3.02. The first-order valence-electron chi connectivity index (χ1n) is 15.5. The number of piperazine rings is 1. The van der Waals surface area contributed by atoms with Gasteiger partial charge >= 0.3 is 0 Å². The van der Waals surface area contributed by atoms with E-state index in [2.05, 4.69) is 77.3 Å². The van der Waals surface area contributed by atoms with Crippen molar-refractivity contribution in [2.45, 2.75) is 25.8 Å². The maximum atomic E-state index is 13.4. The van der Waals surface area contributed by atoms with Crippen LogP contribution < -0.4 is 25.6 Å². The topological polar surface area (TPSA) is 98.8 Å². The fourth-order valence-electron chi connectivity index (χ4n) is 6.51. The molecule has 4 heterocycles. The highest BCUT2D eigenvalue weighted by Gasteiger charge is 2.28. The number of hydrogen-bond acceptors (Lipinski definition) is 10. The van der Waals surface area contributed by atoms with Gasteiger partial charge in [0, 0.05) is 74.0 Å². The van der Waals surface area contributed by atoms with Crippen LogP contribution in [0.1, 0.15) is 18.4 Å². The molecule has 238 valence electrons. The van der Waals surface area contributed by atoms with Crippen LogP contribution >= 0.6 is 23.1 Å². The fraction of sp³-hybridized carbons (Fsp3) is 0.424. The highest BCUT2D eigenvalue weighted by molar-refractivity contribution is 9.10. The molecule has 12 heteroatoms. The molecule has 0 bridgehead atoms. The third kappa shape index (κ3) is 6.97. The summed E-state index contributed by atoms with van der Waals surface area (Å²) in [6.45, 7) is 12.4. The molecule has 0 unspecified atom stereocenters. The molecule has 2 aromatic carbocycles. The Labute approximate surface area is 274 Å². The number of likely N-dealkylation sites (N-methyl/N-ethyl adjacent to an activating group) is 1. The van der Waals surface area contributed by atoms with Gasteiger partial charge in [-0.25, -0.2) is 4.98 Å². The normalized spacial score (nSPS) is 17.1. The Hall–Kier alpha value is -3.24. The summed E-state index contributed by atoms with van der Waals surface area (Å²) in [5.74, 6) is 1.68. The summed E-state index contributed by atoms with van der Waals surface area (Å²) in [5, 5.41) is 8.35. The summed E-state index contributed by atoms with van der Waals surface area (Å²) in [7, 11) is 1.24. The van der Waals surface area contributed by atoms with Crippen LogP contribution in [-0.4, -0.2) is 97.5 Å². The highest BCUT2D eigenvalue weighted by atomic mass is 79.9. The van der Waals surface area contributed by atoms with E-state index >= 15 is 0 Å². The summed E-state index contributed by atoms with van der Waals surface area (Å²) < 4.78 is 20.0. The summed E-state index contributed by atoms with van der Waals surface area (Å²) in [4.78, 5) is 21.5. The van der Waals surface area contributed by atoms with Crippen LogP contribution in [0, 0.1) is 6.92 Å². The van der Waals surface area contributed by atoms with Crippen LogP contribution in [0.25, 0.3) is 10.9 Å². The number of anilines is 5. The number of pyridine rings is 1. The lowest BCUT2D eigenvalue weighted by atomic mass is 10.0. The first-order valence-corrected chi connectivity index (χ1v) is 18.9. The fourth-order valence-corrected chi connectivity index (χ4v) is 8.26. The lowest BCUT2D eigenvalue weighted by Crippen LogP contribution is -2.52. The molecule has 2 aromatic heterocycles. The number of para-hydroxylation sites is 1. The molecule has 45 heavy (non-hydrogen) atoms. The van der Waals surface area contributed by atoms with E-state index in [0.29, 0.717) is 28.0 Å². The third-order valence-corrected chi connectivity index (χ3v) is 11.0. The standard InChI is InChI=1S/C33H42BrN8O2P/c1-22-18-27(30(44-3)19-29(22)42-12-10-23(11-13-42)41-16-14-40(2)15-17-41)38-33-36-20-25(34)32(39-33)37-28-21-35-26-9-7-6-8-24(26)31(28)45(4,5)43/h6-9,18-21,23H,10-17H2,1-5H3,(H2,36,37,38,39). The van der Waals surface area contributed by atoms with Crippen molar-refractivity contribution < 1.29 is 9.30 Å². The van der Waals surface area contributed by atoms with Crippen molar-refractivity contribution in [2.24, 2.45) is 0 Å². The minimum absolute atomic E-state index is 0.408. The quantitative estimate of drug-likeness (QED) is 0.212. The molecule has 0 saturated carbocycles. The van der Waals surface area contributed by atoms with Crippen LogP contribution in [0.5, 0.6) is 5.75 Å². The number of methoxy groups -OCH3 is 1. The van der Waals surface area contributed by atoms with E-state index in [-0.39, 0.29) is 0 Å². The molecule has 0 aliphatic carbocycles. The molecule has 2 fully saturated rings. The smallest absolute Gasteiger partial charge is 0.229 e. The molecule has 0 spiro atoms. The van der Waals surface area contributed by atoms with Gasteiger partial charge in [0.15, 0.2) is 0 Å². The second-order valence-electron chi connectivity index (χ2n) is 12.4. The van der Waals surface area contributed by atoms with Gasteiger partial charge in [-0.1, -0.05) is 18.2 Å². The van der Waals surface area contributed by atoms with Crippen LogP contribution in [0.2, 0.25) is 0 Å².